The molecule has 0 unspecified atom stereocenters. The van der Waals surface area contributed by atoms with Crippen molar-refractivity contribution in [2.75, 3.05) is 18.0 Å². The number of hydrogen-bond acceptors (Lipinski definition) is 4. The Kier molecular flexibility index (Phi) is 3.58. The van der Waals surface area contributed by atoms with Crippen molar-refractivity contribution < 1.29 is 4.52 Å². The summed E-state index contributed by atoms with van der Waals surface area (Å²) in [6.07, 6.45) is 2.49. The van der Waals surface area contributed by atoms with Crippen LogP contribution in [-0.4, -0.2) is 23.2 Å². The fourth-order valence-corrected chi connectivity index (χ4v) is 3.12. The van der Waals surface area contributed by atoms with Gasteiger partial charge in [-0.15, -0.1) is 0 Å². The van der Waals surface area contributed by atoms with Gasteiger partial charge in [-0.1, -0.05) is 41.1 Å². The van der Waals surface area contributed by atoms with E-state index in [1.807, 2.05) is 18.2 Å². The summed E-state index contributed by atoms with van der Waals surface area (Å²) in [7, 11) is 0. The molecule has 1 aliphatic rings. The van der Waals surface area contributed by atoms with Crippen molar-refractivity contribution in [2.45, 2.75) is 19.8 Å². The highest BCUT2D eigenvalue weighted by atomic mass is 16.5. The van der Waals surface area contributed by atoms with Gasteiger partial charge < -0.3 is 9.42 Å². The first-order valence-corrected chi connectivity index (χ1v) is 8.06. The van der Waals surface area contributed by atoms with Crippen molar-refractivity contribution in [1.29, 1.82) is 0 Å². The van der Waals surface area contributed by atoms with Gasteiger partial charge in [0.15, 0.2) is 0 Å². The summed E-state index contributed by atoms with van der Waals surface area (Å²) < 4.78 is 5.56. The monoisotopic (exact) mass is 305 g/mol. The van der Waals surface area contributed by atoms with Crippen molar-refractivity contribution in [3.05, 3.63) is 54.1 Å². The van der Waals surface area contributed by atoms with Crippen molar-refractivity contribution >= 4 is 5.69 Å². The molecule has 0 bridgehead atoms. The van der Waals surface area contributed by atoms with Gasteiger partial charge in [0, 0.05) is 24.3 Å². The number of aryl methyl sites for hydroxylation is 1. The molecule has 1 saturated heterocycles. The molecule has 4 heteroatoms. The van der Waals surface area contributed by atoms with Gasteiger partial charge in [0.25, 0.3) is 5.89 Å². The lowest BCUT2D eigenvalue weighted by atomic mass is 10.1. The van der Waals surface area contributed by atoms with Crippen LogP contribution in [0.1, 0.15) is 18.4 Å². The van der Waals surface area contributed by atoms with Gasteiger partial charge in [-0.3, -0.25) is 0 Å². The molecule has 0 amide bonds. The molecule has 116 valence electrons. The molecule has 0 spiro atoms. The summed E-state index contributed by atoms with van der Waals surface area (Å²) in [5, 5.41) is 4.17. The maximum Gasteiger partial charge on any atom is 0.260 e. The summed E-state index contributed by atoms with van der Waals surface area (Å²) in [4.78, 5) is 7.01. The van der Waals surface area contributed by atoms with E-state index in [0.29, 0.717) is 11.7 Å². The van der Waals surface area contributed by atoms with E-state index in [4.69, 9.17) is 4.52 Å². The van der Waals surface area contributed by atoms with Crippen LogP contribution in [0.5, 0.6) is 0 Å². The molecule has 0 aliphatic carbocycles. The van der Waals surface area contributed by atoms with Crippen LogP contribution in [0.2, 0.25) is 0 Å². The highest BCUT2D eigenvalue weighted by Gasteiger charge is 2.19. The molecule has 2 aromatic carbocycles. The SMILES string of the molecule is Cc1cccc(-c2noc(-c3ccccc3N3CCCC3)n2)c1. The Balaban J connectivity index is 1.72. The van der Waals surface area contributed by atoms with Gasteiger partial charge in [0.2, 0.25) is 5.82 Å². The molecule has 0 radical (unpaired) electrons. The van der Waals surface area contributed by atoms with Crippen molar-refractivity contribution in [2.24, 2.45) is 0 Å². The number of nitrogens with zero attached hydrogens (tertiary/aromatic N) is 3. The van der Waals surface area contributed by atoms with Gasteiger partial charge in [0.05, 0.1) is 5.56 Å². The normalized spacial score (nSPS) is 14.4. The minimum absolute atomic E-state index is 0.587. The van der Waals surface area contributed by atoms with Gasteiger partial charge in [0.1, 0.15) is 0 Å². The summed E-state index contributed by atoms with van der Waals surface area (Å²) in [5.74, 6) is 1.23. The van der Waals surface area contributed by atoms with E-state index in [0.717, 1.165) is 24.2 Å². The molecule has 0 saturated carbocycles. The zero-order chi connectivity index (χ0) is 15.6. The summed E-state index contributed by atoms with van der Waals surface area (Å²) in [5.41, 5.74) is 4.37. The number of rotatable bonds is 3. The lowest BCUT2D eigenvalue weighted by Gasteiger charge is -2.19. The van der Waals surface area contributed by atoms with Crippen LogP contribution >= 0.6 is 0 Å². The Morgan fingerprint density at radius 2 is 1.83 bits per heavy atom. The highest BCUT2D eigenvalue weighted by molar-refractivity contribution is 5.74. The Morgan fingerprint density at radius 3 is 2.65 bits per heavy atom. The molecule has 1 fully saturated rings. The first-order chi connectivity index (χ1) is 11.3. The van der Waals surface area contributed by atoms with Crippen LogP contribution in [0.3, 0.4) is 0 Å². The van der Waals surface area contributed by atoms with Crippen LogP contribution in [0.4, 0.5) is 5.69 Å². The fourth-order valence-electron chi connectivity index (χ4n) is 3.12. The predicted octanol–water partition coefficient (Wildman–Crippen LogP) is 4.31. The standard InChI is InChI=1S/C19H19N3O/c1-14-7-6-8-15(13-14)18-20-19(23-21-18)16-9-2-3-10-17(16)22-11-4-5-12-22/h2-3,6-10,13H,4-5,11-12H2,1H3. The number of benzene rings is 2. The Labute approximate surface area is 135 Å². The van der Waals surface area contributed by atoms with E-state index in [1.54, 1.807) is 0 Å². The highest BCUT2D eigenvalue weighted by Crippen LogP contribution is 2.32. The maximum atomic E-state index is 5.56. The summed E-state index contributed by atoms with van der Waals surface area (Å²) in [6.45, 7) is 4.25. The van der Waals surface area contributed by atoms with E-state index in [-0.39, 0.29) is 0 Å². The zero-order valence-corrected chi connectivity index (χ0v) is 13.2. The third-order valence-electron chi connectivity index (χ3n) is 4.28. The molecule has 4 rings (SSSR count). The van der Waals surface area contributed by atoms with Gasteiger partial charge in [-0.25, -0.2) is 0 Å². The molecular formula is C19H19N3O. The average Bonchev–Trinajstić information content (AvgIpc) is 3.27. The quantitative estimate of drug-likeness (QED) is 0.723. The van der Waals surface area contributed by atoms with E-state index >= 15 is 0 Å². The Morgan fingerprint density at radius 1 is 1.00 bits per heavy atom. The first kappa shape index (κ1) is 14.0. The van der Waals surface area contributed by atoms with E-state index < -0.39 is 0 Å². The molecule has 0 atom stereocenters. The summed E-state index contributed by atoms with van der Waals surface area (Å²) in [6, 6.07) is 16.4. The second kappa shape index (κ2) is 5.88. The van der Waals surface area contributed by atoms with Crippen molar-refractivity contribution in [1.82, 2.24) is 10.1 Å². The van der Waals surface area contributed by atoms with Crippen LogP contribution in [-0.2, 0) is 0 Å². The second-order valence-corrected chi connectivity index (χ2v) is 6.00. The predicted molar refractivity (Wildman–Crippen MR) is 91.4 cm³/mol. The minimum atomic E-state index is 0.587. The Bertz CT molecular complexity index is 819. The van der Waals surface area contributed by atoms with Crippen LogP contribution in [0.25, 0.3) is 22.8 Å². The lowest BCUT2D eigenvalue weighted by Crippen LogP contribution is -2.18. The third kappa shape index (κ3) is 2.72. The van der Waals surface area contributed by atoms with Crippen molar-refractivity contribution in [3.8, 4) is 22.8 Å². The second-order valence-electron chi connectivity index (χ2n) is 6.00. The first-order valence-electron chi connectivity index (χ1n) is 8.06. The van der Waals surface area contributed by atoms with E-state index in [1.165, 1.54) is 24.1 Å². The molecule has 4 nitrogen and oxygen atoms in total. The number of hydrogen-bond donors (Lipinski definition) is 0. The largest absolute Gasteiger partial charge is 0.371 e. The lowest BCUT2D eigenvalue weighted by molar-refractivity contribution is 0.432. The smallest absolute Gasteiger partial charge is 0.260 e. The van der Waals surface area contributed by atoms with Gasteiger partial charge in [-0.05, 0) is 38.0 Å². The third-order valence-corrected chi connectivity index (χ3v) is 4.28. The number of para-hydroxylation sites is 1. The molecule has 1 aliphatic heterocycles. The maximum absolute atomic E-state index is 5.56. The summed E-state index contributed by atoms with van der Waals surface area (Å²) >= 11 is 0. The number of aromatic nitrogens is 2. The average molecular weight is 305 g/mol. The zero-order valence-electron chi connectivity index (χ0n) is 13.2. The Hall–Kier alpha value is -2.62. The van der Waals surface area contributed by atoms with E-state index in [9.17, 15) is 0 Å². The van der Waals surface area contributed by atoms with Crippen LogP contribution in [0.15, 0.2) is 53.1 Å². The van der Waals surface area contributed by atoms with Crippen LogP contribution in [0, 0.1) is 6.92 Å². The van der Waals surface area contributed by atoms with Crippen molar-refractivity contribution in [3.63, 3.8) is 0 Å². The topological polar surface area (TPSA) is 42.2 Å². The molecule has 1 aromatic heterocycles. The molecule has 2 heterocycles. The minimum Gasteiger partial charge on any atom is -0.371 e. The molecule has 3 aromatic rings. The molecular weight excluding hydrogens is 286 g/mol. The van der Waals surface area contributed by atoms with E-state index in [2.05, 4.69) is 52.3 Å². The van der Waals surface area contributed by atoms with Gasteiger partial charge in [-0.2, -0.15) is 4.98 Å². The fraction of sp³-hybridized carbons (Fsp3) is 0.263. The van der Waals surface area contributed by atoms with Crippen LogP contribution < -0.4 is 4.90 Å². The van der Waals surface area contributed by atoms with Gasteiger partial charge >= 0.3 is 0 Å². The number of anilines is 1. The molecule has 23 heavy (non-hydrogen) atoms. The molecule has 0 N–H and O–H groups in total.